The van der Waals surface area contributed by atoms with Crippen molar-refractivity contribution in [2.24, 2.45) is 5.73 Å². The van der Waals surface area contributed by atoms with Crippen molar-refractivity contribution in [2.75, 3.05) is 11.9 Å². The maximum absolute atomic E-state index is 5.55. The van der Waals surface area contributed by atoms with E-state index in [-0.39, 0.29) is 0 Å². The number of hydrogen-bond donors (Lipinski definition) is 1. The van der Waals surface area contributed by atoms with Crippen molar-refractivity contribution >= 4 is 48.7 Å². The van der Waals surface area contributed by atoms with Crippen LogP contribution < -0.4 is 10.6 Å². The fourth-order valence-corrected chi connectivity index (χ4v) is 3.27. The van der Waals surface area contributed by atoms with E-state index < -0.39 is 0 Å². The van der Waals surface area contributed by atoms with Gasteiger partial charge in [-0.3, -0.25) is 0 Å². The first kappa shape index (κ1) is 11.1. The van der Waals surface area contributed by atoms with Gasteiger partial charge in [-0.25, -0.2) is 4.98 Å². The van der Waals surface area contributed by atoms with E-state index in [9.17, 15) is 0 Å². The van der Waals surface area contributed by atoms with Crippen LogP contribution in [0.4, 0.5) is 10.1 Å². The Hall–Kier alpha value is -0.430. The predicted octanol–water partition coefficient (Wildman–Crippen LogP) is 3.19. The second-order valence-electron chi connectivity index (χ2n) is 2.95. The van der Waals surface area contributed by atoms with Gasteiger partial charge in [0.1, 0.15) is 0 Å². The van der Waals surface area contributed by atoms with Gasteiger partial charge >= 0.3 is 0 Å². The highest BCUT2D eigenvalue weighted by Gasteiger charge is 2.10. The molecule has 15 heavy (non-hydrogen) atoms. The lowest BCUT2D eigenvalue weighted by molar-refractivity contribution is 1.09. The standard InChI is InChI=1S/C9H10BrN3S2/c1-13(8-3-2-7(10)15-8)9-12-5-6(4-11)14-9/h2-3,5H,4,11H2,1H3. The minimum absolute atomic E-state index is 0.555. The van der Waals surface area contributed by atoms with Crippen molar-refractivity contribution in [1.82, 2.24) is 4.98 Å². The third kappa shape index (κ3) is 2.39. The molecule has 0 aliphatic heterocycles. The van der Waals surface area contributed by atoms with E-state index in [4.69, 9.17) is 5.73 Å². The number of halogens is 1. The number of nitrogens with two attached hydrogens (primary N) is 1. The van der Waals surface area contributed by atoms with Gasteiger partial charge in [-0.1, -0.05) is 0 Å². The fourth-order valence-electron chi connectivity index (χ4n) is 1.13. The maximum Gasteiger partial charge on any atom is 0.190 e. The van der Waals surface area contributed by atoms with Crippen LogP contribution in [0.5, 0.6) is 0 Å². The number of nitrogens with zero attached hydrogens (tertiary/aromatic N) is 2. The van der Waals surface area contributed by atoms with Gasteiger partial charge in [-0.2, -0.15) is 0 Å². The van der Waals surface area contributed by atoms with Crippen LogP contribution in [0.25, 0.3) is 0 Å². The highest BCUT2D eigenvalue weighted by Crippen LogP contribution is 2.34. The normalized spacial score (nSPS) is 10.6. The molecule has 0 aromatic carbocycles. The Kier molecular flexibility index (Phi) is 3.40. The van der Waals surface area contributed by atoms with Crippen LogP contribution in [-0.2, 0) is 6.54 Å². The Morgan fingerprint density at radius 3 is 2.80 bits per heavy atom. The number of thiophene rings is 1. The molecule has 0 bridgehead atoms. The van der Waals surface area contributed by atoms with Gasteiger partial charge in [0.15, 0.2) is 5.13 Å². The molecule has 0 aliphatic carbocycles. The van der Waals surface area contributed by atoms with E-state index in [1.165, 1.54) is 5.00 Å². The van der Waals surface area contributed by atoms with Crippen LogP contribution in [0.15, 0.2) is 22.1 Å². The van der Waals surface area contributed by atoms with Gasteiger partial charge in [0, 0.05) is 24.7 Å². The molecule has 0 amide bonds. The third-order valence-corrected chi connectivity index (χ3v) is 4.72. The zero-order valence-corrected chi connectivity index (χ0v) is 11.3. The van der Waals surface area contributed by atoms with Crippen molar-refractivity contribution in [1.29, 1.82) is 0 Å². The van der Waals surface area contributed by atoms with Crippen LogP contribution in [0, 0.1) is 0 Å². The van der Waals surface area contributed by atoms with E-state index in [0.717, 1.165) is 13.8 Å². The summed E-state index contributed by atoms with van der Waals surface area (Å²) in [4.78, 5) is 7.50. The average Bonchev–Trinajstić information content (AvgIpc) is 2.84. The lowest BCUT2D eigenvalue weighted by Gasteiger charge is -2.12. The first-order chi connectivity index (χ1) is 7.20. The summed E-state index contributed by atoms with van der Waals surface area (Å²) in [6.45, 7) is 0.555. The van der Waals surface area contributed by atoms with E-state index in [0.29, 0.717) is 6.54 Å². The van der Waals surface area contributed by atoms with Crippen LogP contribution >= 0.6 is 38.6 Å². The third-order valence-electron chi connectivity index (χ3n) is 1.92. The number of aromatic nitrogens is 1. The number of rotatable bonds is 3. The molecule has 0 atom stereocenters. The highest BCUT2D eigenvalue weighted by atomic mass is 79.9. The molecule has 80 valence electrons. The second-order valence-corrected chi connectivity index (χ2v) is 6.49. The summed E-state index contributed by atoms with van der Waals surface area (Å²) in [5.41, 5.74) is 5.55. The smallest absolute Gasteiger partial charge is 0.190 e. The number of hydrogen-bond acceptors (Lipinski definition) is 5. The summed E-state index contributed by atoms with van der Waals surface area (Å²) < 4.78 is 1.12. The van der Waals surface area contributed by atoms with Crippen molar-refractivity contribution in [3.63, 3.8) is 0 Å². The molecule has 0 unspecified atom stereocenters. The summed E-state index contributed by atoms with van der Waals surface area (Å²) in [5, 5.41) is 2.14. The minimum atomic E-state index is 0.555. The van der Waals surface area contributed by atoms with Crippen LogP contribution in [-0.4, -0.2) is 12.0 Å². The lowest BCUT2D eigenvalue weighted by Crippen LogP contribution is -2.06. The molecule has 2 N–H and O–H groups in total. The van der Waals surface area contributed by atoms with E-state index in [1.807, 2.05) is 19.3 Å². The van der Waals surface area contributed by atoms with E-state index >= 15 is 0 Å². The molecule has 0 spiro atoms. The summed E-state index contributed by atoms with van der Waals surface area (Å²) in [5.74, 6) is 0. The minimum Gasteiger partial charge on any atom is -0.326 e. The van der Waals surface area contributed by atoms with Crippen LogP contribution in [0.1, 0.15) is 4.88 Å². The predicted molar refractivity (Wildman–Crippen MR) is 70.1 cm³/mol. The lowest BCUT2D eigenvalue weighted by atomic mass is 10.6. The van der Waals surface area contributed by atoms with Crippen molar-refractivity contribution < 1.29 is 0 Å². The molecule has 2 aromatic heterocycles. The zero-order valence-electron chi connectivity index (χ0n) is 8.11. The molecule has 3 nitrogen and oxygen atoms in total. The second kappa shape index (κ2) is 4.61. The van der Waals surface area contributed by atoms with E-state index in [1.54, 1.807) is 22.7 Å². The number of thiazole rings is 1. The molecule has 0 saturated heterocycles. The Bertz CT molecular complexity index is 452. The number of anilines is 2. The zero-order chi connectivity index (χ0) is 10.8. The fraction of sp³-hybridized carbons (Fsp3) is 0.222. The Morgan fingerprint density at radius 1 is 1.47 bits per heavy atom. The molecule has 0 saturated carbocycles. The molecule has 0 radical (unpaired) electrons. The molecule has 0 fully saturated rings. The van der Waals surface area contributed by atoms with Crippen molar-refractivity contribution in [3.05, 3.63) is 27.0 Å². The SMILES string of the molecule is CN(c1ccc(Br)s1)c1ncc(CN)s1. The Morgan fingerprint density at radius 2 is 2.27 bits per heavy atom. The summed E-state index contributed by atoms with van der Waals surface area (Å²) in [6.07, 6.45) is 1.83. The molecule has 0 aliphatic rings. The van der Waals surface area contributed by atoms with Crippen LogP contribution in [0.3, 0.4) is 0 Å². The first-order valence-electron chi connectivity index (χ1n) is 4.34. The first-order valence-corrected chi connectivity index (χ1v) is 6.77. The quantitative estimate of drug-likeness (QED) is 0.947. The molecule has 2 heterocycles. The monoisotopic (exact) mass is 303 g/mol. The van der Waals surface area contributed by atoms with Crippen molar-refractivity contribution in [3.8, 4) is 0 Å². The summed E-state index contributed by atoms with van der Waals surface area (Å²) in [7, 11) is 2.01. The molecule has 2 aromatic rings. The average molecular weight is 304 g/mol. The van der Waals surface area contributed by atoms with Crippen molar-refractivity contribution in [2.45, 2.75) is 6.54 Å². The van der Waals surface area contributed by atoms with Gasteiger partial charge in [-0.15, -0.1) is 22.7 Å². The molecule has 6 heteroatoms. The van der Waals surface area contributed by atoms with Crippen LogP contribution in [0.2, 0.25) is 0 Å². The van der Waals surface area contributed by atoms with Gasteiger partial charge in [0.2, 0.25) is 0 Å². The Balaban J connectivity index is 2.23. The molecule has 2 rings (SSSR count). The largest absolute Gasteiger partial charge is 0.326 e. The van der Waals surface area contributed by atoms with Gasteiger partial charge < -0.3 is 10.6 Å². The topological polar surface area (TPSA) is 42.2 Å². The van der Waals surface area contributed by atoms with Gasteiger partial charge in [0.05, 0.1) is 8.79 Å². The Labute approximate surface area is 105 Å². The maximum atomic E-state index is 5.55. The molecular formula is C9H10BrN3S2. The highest BCUT2D eigenvalue weighted by molar-refractivity contribution is 9.11. The molecular weight excluding hydrogens is 294 g/mol. The van der Waals surface area contributed by atoms with E-state index in [2.05, 4.69) is 31.9 Å². The van der Waals surface area contributed by atoms with Gasteiger partial charge in [-0.05, 0) is 28.1 Å². The summed E-state index contributed by atoms with van der Waals surface area (Å²) in [6, 6.07) is 4.10. The van der Waals surface area contributed by atoms with Gasteiger partial charge in [0.25, 0.3) is 0 Å². The summed E-state index contributed by atoms with van der Waals surface area (Å²) >= 11 is 6.76.